The van der Waals surface area contributed by atoms with Gasteiger partial charge in [-0.2, -0.15) is 0 Å². The molecule has 0 saturated carbocycles. The highest BCUT2D eigenvalue weighted by Crippen LogP contribution is 2.45. The van der Waals surface area contributed by atoms with Crippen LogP contribution in [0.4, 0.5) is 0 Å². The molecule has 0 aliphatic heterocycles. The van der Waals surface area contributed by atoms with Crippen LogP contribution in [0.5, 0.6) is 0 Å². The monoisotopic (exact) mass is 733 g/mol. The van der Waals surface area contributed by atoms with Gasteiger partial charge >= 0.3 is 0 Å². The maximum Gasteiger partial charge on any atom is 0.164 e. The summed E-state index contributed by atoms with van der Waals surface area (Å²) in [6.45, 7) is 0. The minimum absolute atomic E-state index is 0.0531. The Balaban J connectivity index is 1.05. The SMILES string of the molecule is C1=CCC(c2nc(-c3ccc4ccc5ccccc5c4c3)nc(-c3cccc4oc5cc(-c6cc7ccccc7c7c6sc6ccccc67)ccc5c34)n2)C=C1. The van der Waals surface area contributed by atoms with Gasteiger partial charge in [0.1, 0.15) is 17.0 Å². The number of benzene rings is 8. The molecule has 0 fully saturated rings. The van der Waals surface area contributed by atoms with Crippen molar-refractivity contribution in [1.82, 2.24) is 15.0 Å². The van der Waals surface area contributed by atoms with Crippen LogP contribution in [0.3, 0.4) is 0 Å². The predicted molar refractivity (Wildman–Crippen MR) is 234 cm³/mol. The molecule has 0 radical (unpaired) electrons. The van der Waals surface area contributed by atoms with E-state index in [0.717, 1.165) is 50.9 Å². The lowest BCUT2D eigenvalue weighted by molar-refractivity contribution is 0.669. The van der Waals surface area contributed by atoms with E-state index in [0.29, 0.717) is 11.6 Å². The molecule has 0 amide bonds. The number of hydrogen-bond donors (Lipinski definition) is 0. The van der Waals surface area contributed by atoms with Crippen molar-refractivity contribution in [2.45, 2.75) is 12.3 Å². The summed E-state index contributed by atoms with van der Waals surface area (Å²) in [5, 5.41) is 12.0. The zero-order chi connectivity index (χ0) is 36.7. The van der Waals surface area contributed by atoms with Gasteiger partial charge in [0.2, 0.25) is 0 Å². The Morgan fingerprint density at radius 3 is 2.16 bits per heavy atom. The molecule has 3 heterocycles. The van der Waals surface area contributed by atoms with Gasteiger partial charge in [-0.15, -0.1) is 11.3 Å². The Hall–Kier alpha value is -6.95. The van der Waals surface area contributed by atoms with E-state index in [-0.39, 0.29) is 5.92 Å². The first-order valence-corrected chi connectivity index (χ1v) is 19.9. The van der Waals surface area contributed by atoms with Crippen LogP contribution in [-0.2, 0) is 0 Å². The van der Waals surface area contributed by atoms with Crippen molar-refractivity contribution in [1.29, 1.82) is 0 Å². The van der Waals surface area contributed by atoms with Crippen LogP contribution >= 0.6 is 11.3 Å². The molecule has 4 nitrogen and oxygen atoms in total. The molecular formula is C51H31N3OS. The molecule has 1 atom stereocenters. The van der Waals surface area contributed by atoms with Gasteiger partial charge in [0, 0.05) is 53.6 Å². The second-order valence-electron chi connectivity index (χ2n) is 14.7. The summed E-state index contributed by atoms with van der Waals surface area (Å²) >= 11 is 1.86. The van der Waals surface area contributed by atoms with Gasteiger partial charge < -0.3 is 4.42 Å². The van der Waals surface area contributed by atoms with Crippen LogP contribution in [0.15, 0.2) is 174 Å². The lowest BCUT2D eigenvalue weighted by atomic mass is 9.96. The molecule has 0 saturated heterocycles. The largest absolute Gasteiger partial charge is 0.456 e. The van der Waals surface area contributed by atoms with Gasteiger partial charge in [-0.05, 0) is 80.7 Å². The first kappa shape index (κ1) is 31.4. The first-order chi connectivity index (χ1) is 27.7. The average Bonchev–Trinajstić information content (AvgIpc) is 3.85. The molecule has 1 aliphatic carbocycles. The molecule has 1 unspecified atom stereocenters. The lowest BCUT2D eigenvalue weighted by Gasteiger charge is -2.15. The van der Waals surface area contributed by atoms with Crippen LogP contribution in [0.25, 0.3) is 108 Å². The van der Waals surface area contributed by atoms with Crippen molar-refractivity contribution in [3.63, 3.8) is 0 Å². The molecule has 56 heavy (non-hydrogen) atoms. The topological polar surface area (TPSA) is 51.8 Å². The lowest BCUT2D eigenvalue weighted by Crippen LogP contribution is -2.08. The number of furan rings is 1. The number of hydrogen-bond acceptors (Lipinski definition) is 5. The molecule has 5 heteroatoms. The van der Waals surface area contributed by atoms with Gasteiger partial charge in [0.15, 0.2) is 11.6 Å². The third-order valence-corrected chi connectivity index (χ3v) is 12.6. The highest BCUT2D eigenvalue weighted by molar-refractivity contribution is 7.26. The quantitative estimate of drug-likeness (QED) is 0.169. The van der Waals surface area contributed by atoms with Crippen LogP contribution < -0.4 is 0 Å². The second-order valence-corrected chi connectivity index (χ2v) is 15.7. The van der Waals surface area contributed by atoms with Gasteiger partial charge in [-0.25, -0.2) is 15.0 Å². The normalized spacial score (nSPS) is 14.4. The molecule has 0 spiro atoms. The third-order valence-electron chi connectivity index (χ3n) is 11.4. The van der Waals surface area contributed by atoms with Crippen molar-refractivity contribution in [3.05, 3.63) is 176 Å². The van der Waals surface area contributed by atoms with E-state index in [9.17, 15) is 0 Å². The van der Waals surface area contributed by atoms with Crippen molar-refractivity contribution in [2.75, 3.05) is 0 Å². The fourth-order valence-corrected chi connectivity index (χ4v) is 9.94. The number of aromatic nitrogens is 3. The van der Waals surface area contributed by atoms with Gasteiger partial charge in [-0.3, -0.25) is 0 Å². The summed E-state index contributed by atoms with van der Waals surface area (Å²) in [4.78, 5) is 15.6. The molecule has 0 bridgehead atoms. The van der Waals surface area contributed by atoms with Crippen molar-refractivity contribution in [2.24, 2.45) is 0 Å². The second kappa shape index (κ2) is 12.3. The van der Waals surface area contributed by atoms with E-state index >= 15 is 0 Å². The smallest absolute Gasteiger partial charge is 0.164 e. The predicted octanol–water partition coefficient (Wildman–Crippen LogP) is 14.2. The van der Waals surface area contributed by atoms with E-state index in [2.05, 4.69) is 158 Å². The summed E-state index contributed by atoms with van der Waals surface area (Å²) < 4.78 is 9.28. The summed E-state index contributed by atoms with van der Waals surface area (Å²) in [7, 11) is 0. The molecule has 8 aromatic carbocycles. The summed E-state index contributed by atoms with van der Waals surface area (Å²) in [6, 6.07) is 52.1. The van der Waals surface area contributed by atoms with Crippen molar-refractivity contribution < 1.29 is 4.42 Å². The highest BCUT2D eigenvalue weighted by atomic mass is 32.1. The molecule has 262 valence electrons. The molecule has 11 aromatic rings. The van der Waals surface area contributed by atoms with E-state index in [4.69, 9.17) is 19.4 Å². The van der Waals surface area contributed by atoms with Gasteiger partial charge in [0.05, 0.1) is 0 Å². The van der Waals surface area contributed by atoms with E-state index < -0.39 is 0 Å². The Bertz CT molecular complexity index is 3480. The molecule has 1 aliphatic rings. The summed E-state index contributed by atoms with van der Waals surface area (Å²) in [5.41, 5.74) is 5.88. The van der Waals surface area contributed by atoms with Crippen molar-refractivity contribution >= 4 is 85.8 Å². The van der Waals surface area contributed by atoms with Crippen molar-refractivity contribution in [3.8, 4) is 33.9 Å². The van der Waals surface area contributed by atoms with Gasteiger partial charge in [0.25, 0.3) is 0 Å². The molecular weight excluding hydrogens is 703 g/mol. The minimum atomic E-state index is 0.0531. The van der Waals surface area contributed by atoms with Crippen LogP contribution in [0.2, 0.25) is 0 Å². The molecule has 3 aromatic heterocycles. The van der Waals surface area contributed by atoms with E-state index in [1.54, 1.807) is 0 Å². The maximum absolute atomic E-state index is 6.70. The fraction of sp³-hybridized carbons (Fsp3) is 0.0392. The van der Waals surface area contributed by atoms with Gasteiger partial charge in [-0.1, -0.05) is 133 Å². The van der Waals surface area contributed by atoms with E-state index in [1.807, 2.05) is 23.5 Å². The van der Waals surface area contributed by atoms with Crippen LogP contribution in [0, 0.1) is 0 Å². The minimum Gasteiger partial charge on any atom is -0.456 e. The standard InChI is InChI=1S/C51H31N3OS/c1-2-12-32(13-3-1)49-52-50(35-24-23-31-22-21-30-11-4-6-15-36(30)41(31)28-35)54-51(53-49)40-18-10-19-43-46(40)38-26-25-34(29-44(38)55-43)42-27-33-14-5-7-16-37(33)47-39-17-8-9-20-45(39)56-48(42)47/h1-12,14-29,32H,13H2. The number of fused-ring (bicyclic) bond motifs is 11. The Morgan fingerprint density at radius 2 is 1.27 bits per heavy atom. The number of thiophene rings is 1. The number of allylic oxidation sites excluding steroid dienone is 4. The maximum atomic E-state index is 6.70. The molecule has 0 N–H and O–H groups in total. The third kappa shape index (κ3) is 4.88. The number of nitrogens with zero attached hydrogens (tertiary/aromatic N) is 3. The Morgan fingerprint density at radius 1 is 0.500 bits per heavy atom. The first-order valence-electron chi connectivity index (χ1n) is 19.0. The Labute approximate surface area is 325 Å². The fourth-order valence-electron chi connectivity index (χ4n) is 8.69. The van der Waals surface area contributed by atoms with Crippen LogP contribution in [0.1, 0.15) is 18.2 Å². The Kier molecular flexibility index (Phi) is 6.89. The summed E-state index contributed by atoms with van der Waals surface area (Å²) in [6.07, 6.45) is 9.38. The average molecular weight is 734 g/mol. The summed E-state index contributed by atoms with van der Waals surface area (Å²) in [5.74, 6) is 2.13. The highest BCUT2D eigenvalue weighted by Gasteiger charge is 2.22. The zero-order valence-corrected chi connectivity index (χ0v) is 30.9. The molecule has 12 rings (SSSR count). The van der Waals surface area contributed by atoms with E-state index in [1.165, 1.54) is 58.1 Å². The van der Waals surface area contributed by atoms with Crippen LogP contribution in [-0.4, -0.2) is 15.0 Å². The zero-order valence-electron chi connectivity index (χ0n) is 30.1. The number of rotatable bonds is 4.